The number of ether oxygens (including phenoxy) is 1. The molecule has 0 radical (unpaired) electrons. The maximum absolute atomic E-state index is 8.09. The Bertz CT molecular complexity index is 87.5. The predicted octanol–water partition coefficient (Wildman–Crippen LogP) is 0.265. The molecule has 0 rings (SSSR count). The highest BCUT2D eigenvalue weighted by Crippen LogP contribution is 1.85. The van der Waals surface area contributed by atoms with E-state index in [1.165, 1.54) is 0 Å². The van der Waals surface area contributed by atoms with Crippen LogP contribution in [-0.4, -0.2) is 19.8 Å². The maximum atomic E-state index is 8.09. The van der Waals surface area contributed by atoms with E-state index in [1.54, 1.807) is 0 Å². The third-order valence-corrected chi connectivity index (χ3v) is 0.839. The topological polar surface area (TPSA) is 59.0 Å². The van der Waals surface area contributed by atoms with Crippen LogP contribution in [0.15, 0.2) is 0 Å². The van der Waals surface area contributed by atoms with Crippen molar-refractivity contribution in [1.29, 1.82) is 5.26 Å². The molecule has 0 amide bonds. The van der Waals surface area contributed by atoms with Crippen molar-refractivity contribution in [3.63, 3.8) is 0 Å². The molecule has 3 heteroatoms. The summed E-state index contributed by atoms with van der Waals surface area (Å²) in [6.45, 7) is 1.82. The van der Waals surface area contributed by atoms with Gasteiger partial charge in [-0.3, -0.25) is 0 Å². The molecule has 2 N–H and O–H groups in total. The van der Waals surface area contributed by atoms with Gasteiger partial charge in [0.1, 0.15) is 0 Å². The molecule has 0 atom stereocenters. The monoisotopic (exact) mass is 128 g/mol. The second-order valence-electron chi connectivity index (χ2n) is 1.66. The number of rotatable bonds is 5. The Morgan fingerprint density at radius 3 is 2.78 bits per heavy atom. The van der Waals surface area contributed by atoms with Gasteiger partial charge in [-0.05, 0) is 6.42 Å². The first-order valence-corrected chi connectivity index (χ1v) is 3.06. The minimum Gasteiger partial charge on any atom is -0.380 e. The average molecular weight is 128 g/mol. The quantitative estimate of drug-likeness (QED) is 0.540. The molecule has 0 aliphatic carbocycles. The largest absolute Gasteiger partial charge is 0.380 e. The number of nitrogens with zero attached hydrogens (tertiary/aromatic N) is 1. The van der Waals surface area contributed by atoms with E-state index in [0.29, 0.717) is 26.2 Å². The Morgan fingerprint density at radius 1 is 1.44 bits per heavy atom. The van der Waals surface area contributed by atoms with Gasteiger partial charge in [-0.2, -0.15) is 5.26 Å². The van der Waals surface area contributed by atoms with Crippen molar-refractivity contribution in [2.24, 2.45) is 5.73 Å². The molecule has 3 nitrogen and oxygen atoms in total. The summed E-state index contributed by atoms with van der Waals surface area (Å²) in [6, 6.07) is 2.03. The fourth-order valence-corrected chi connectivity index (χ4v) is 0.439. The molecule has 0 unspecified atom stereocenters. The van der Waals surface area contributed by atoms with Gasteiger partial charge in [0.2, 0.25) is 0 Å². The molecule has 0 fully saturated rings. The molecule has 0 aliphatic rings. The summed E-state index contributed by atoms with van der Waals surface area (Å²) in [5.74, 6) is 0. The van der Waals surface area contributed by atoms with Crippen LogP contribution in [0.5, 0.6) is 0 Å². The molecule has 0 aromatic heterocycles. The first-order chi connectivity index (χ1) is 4.41. The molecule has 0 bridgehead atoms. The summed E-state index contributed by atoms with van der Waals surface area (Å²) in [5, 5.41) is 8.09. The van der Waals surface area contributed by atoms with Crippen molar-refractivity contribution in [3.05, 3.63) is 0 Å². The molecular formula is C6H12N2O. The number of hydrogen-bond acceptors (Lipinski definition) is 3. The maximum Gasteiger partial charge on any atom is 0.0622 e. The lowest BCUT2D eigenvalue weighted by Gasteiger charge is -1.97. The highest BCUT2D eigenvalue weighted by atomic mass is 16.5. The van der Waals surface area contributed by atoms with E-state index in [0.717, 1.165) is 6.42 Å². The lowest BCUT2D eigenvalue weighted by molar-refractivity contribution is 0.140. The van der Waals surface area contributed by atoms with Crippen LogP contribution in [0.2, 0.25) is 0 Å². The van der Waals surface area contributed by atoms with Gasteiger partial charge in [-0.25, -0.2) is 0 Å². The summed E-state index contributed by atoms with van der Waals surface area (Å²) >= 11 is 0. The van der Waals surface area contributed by atoms with Gasteiger partial charge >= 0.3 is 0 Å². The molecule has 0 aromatic rings. The minimum atomic E-state index is 0.562. The molecule has 0 saturated heterocycles. The predicted molar refractivity (Wildman–Crippen MR) is 34.7 cm³/mol. The number of unbranched alkanes of at least 4 members (excludes halogenated alkanes) is 1. The van der Waals surface area contributed by atoms with Crippen molar-refractivity contribution >= 4 is 0 Å². The van der Waals surface area contributed by atoms with Crippen molar-refractivity contribution in [2.75, 3.05) is 19.8 Å². The van der Waals surface area contributed by atoms with E-state index in [9.17, 15) is 0 Å². The van der Waals surface area contributed by atoms with E-state index >= 15 is 0 Å². The highest BCUT2D eigenvalue weighted by Gasteiger charge is 1.84. The van der Waals surface area contributed by atoms with E-state index in [2.05, 4.69) is 0 Å². The third kappa shape index (κ3) is 7.41. The van der Waals surface area contributed by atoms with Crippen LogP contribution in [0.3, 0.4) is 0 Å². The summed E-state index contributed by atoms with van der Waals surface area (Å²) in [7, 11) is 0. The fraction of sp³-hybridized carbons (Fsp3) is 0.833. The molecule has 0 aliphatic heterocycles. The Hall–Kier alpha value is -0.590. The highest BCUT2D eigenvalue weighted by molar-refractivity contribution is 4.67. The Labute approximate surface area is 55.4 Å². The molecule has 0 aromatic carbocycles. The Balaban J connectivity index is 2.69. The van der Waals surface area contributed by atoms with E-state index < -0.39 is 0 Å². The lowest BCUT2D eigenvalue weighted by Crippen LogP contribution is -2.08. The summed E-state index contributed by atoms with van der Waals surface area (Å²) in [6.07, 6.45) is 1.39. The lowest BCUT2D eigenvalue weighted by atomic mass is 10.3. The van der Waals surface area contributed by atoms with Crippen LogP contribution in [0.25, 0.3) is 0 Å². The number of hydrogen-bond donors (Lipinski definition) is 1. The van der Waals surface area contributed by atoms with Crippen LogP contribution in [0.4, 0.5) is 0 Å². The summed E-state index contributed by atoms with van der Waals surface area (Å²) < 4.78 is 5.01. The van der Waals surface area contributed by atoms with Gasteiger partial charge in [-0.15, -0.1) is 0 Å². The van der Waals surface area contributed by atoms with E-state index in [1.807, 2.05) is 6.07 Å². The zero-order chi connectivity index (χ0) is 6.95. The zero-order valence-corrected chi connectivity index (χ0v) is 5.47. The van der Waals surface area contributed by atoms with Gasteiger partial charge in [-0.1, -0.05) is 0 Å². The van der Waals surface area contributed by atoms with Crippen LogP contribution in [0, 0.1) is 11.3 Å². The van der Waals surface area contributed by atoms with Gasteiger partial charge in [0.25, 0.3) is 0 Å². The van der Waals surface area contributed by atoms with E-state index in [4.69, 9.17) is 15.7 Å². The molecule has 9 heavy (non-hydrogen) atoms. The number of nitriles is 1. The standard InChI is InChI=1S/C6H12N2O/c7-3-1-2-5-9-6-4-8/h1-2,4-6,8H2. The van der Waals surface area contributed by atoms with Crippen LogP contribution in [-0.2, 0) is 4.74 Å². The van der Waals surface area contributed by atoms with Crippen molar-refractivity contribution in [1.82, 2.24) is 0 Å². The van der Waals surface area contributed by atoms with Crippen molar-refractivity contribution in [3.8, 4) is 6.07 Å². The zero-order valence-electron chi connectivity index (χ0n) is 5.47. The Kier molecular flexibility index (Phi) is 6.92. The first-order valence-electron chi connectivity index (χ1n) is 3.06. The van der Waals surface area contributed by atoms with Gasteiger partial charge in [0, 0.05) is 19.6 Å². The summed E-state index contributed by atoms with van der Waals surface area (Å²) in [5.41, 5.74) is 5.15. The SMILES string of the molecule is N#CCCCOCCN. The number of nitrogens with two attached hydrogens (primary N) is 1. The van der Waals surface area contributed by atoms with Crippen molar-refractivity contribution < 1.29 is 4.74 Å². The molecule has 0 spiro atoms. The van der Waals surface area contributed by atoms with Gasteiger partial charge in [0.05, 0.1) is 12.7 Å². The smallest absolute Gasteiger partial charge is 0.0622 e. The molecule has 0 heterocycles. The van der Waals surface area contributed by atoms with Crippen LogP contribution in [0.1, 0.15) is 12.8 Å². The molecule has 52 valence electrons. The fourth-order valence-electron chi connectivity index (χ4n) is 0.439. The molecular weight excluding hydrogens is 116 g/mol. The van der Waals surface area contributed by atoms with Gasteiger partial charge in [0.15, 0.2) is 0 Å². The van der Waals surface area contributed by atoms with Crippen molar-refractivity contribution in [2.45, 2.75) is 12.8 Å². The van der Waals surface area contributed by atoms with Gasteiger partial charge < -0.3 is 10.5 Å². The third-order valence-electron chi connectivity index (χ3n) is 0.839. The average Bonchev–Trinajstić information content (AvgIpc) is 1.89. The van der Waals surface area contributed by atoms with Crippen LogP contribution < -0.4 is 5.73 Å². The van der Waals surface area contributed by atoms with Crippen LogP contribution >= 0.6 is 0 Å². The Morgan fingerprint density at radius 2 is 2.22 bits per heavy atom. The first kappa shape index (κ1) is 8.41. The van der Waals surface area contributed by atoms with E-state index in [-0.39, 0.29) is 0 Å². The summed E-state index contributed by atoms with van der Waals surface area (Å²) in [4.78, 5) is 0. The second-order valence-corrected chi connectivity index (χ2v) is 1.66. The molecule has 0 saturated carbocycles. The minimum absolute atomic E-state index is 0.562. The normalized spacial score (nSPS) is 8.89. The second kappa shape index (κ2) is 7.41.